The number of hydrogen-bond donors (Lipinski definition) is 2. The Morgan fingerprint density at radius 3 is 2.19 bits per heavy atom. The number of anilines is 1. The van der Waals surface area contributed by atoms with Gasteiger partial charge in [0.2, 0.25) is 0 Å². The molecule has 8 nitrogen and oxygen atoms in total. The molecule has 0 unspecified atom stereocenters. The Morgan fingerprint density at radius 2 is 1.65 bits per heavy atom. The van der Waals surface area contributed by atoms with Gasteiger partial charge < -0.3 is 9.84 Å². The van der Waals surface area contributed by atoms with Crippen LogP contribution in [0.15, 0.2) is 65.1 Å². The van der Waals surface area contributed by atoms with Crippen LogP contribution in [0.25, 0.3) is 11.1 Å². The molecule has 0 spiro atoms. The van der Waals surface area contributed by atoms with Crippen molar-refractivity contribution in [3.05, 3.63) is 91.9 Å². The molecule has 156 valence electrons. The molecule has 1 amide bonds. The number of halogens is 1. The molecule has 0 saturated carbocycles. The van der Waals surface area contributed by atoms with Crippen LogP contribution in [-0.4, -0.2) is 28.7 Å². The van der Waals surface area contributed by atoms with E-state index in [-0.39, 0.29) is 28.2 Å². The van der Waals surface area contributed by atoms with Crippen LogP contribution in [0.5, 0.6) is 0 Å². The van der Waals surface area contributed by atoms with E-state index in [0.717, 1.165) is 28.3 Å². The number of benzene rings is 3. The second-order valence-electron chi connectivity index (χ2n) is 6.87. The fourth-order valence-electron chi connectivity index (χ4n) is 3.72. The van der Waals surface area contributed by atoms with Gasteiger partial charge in [-0.05, 0) is 44.3 Å². The summed E-state index contributed by atoms with van der Waals surface area (Å²) < 4.78 is 5.46. The standard InChI is InChI=1S/C22H15BrN2O6/c23-18-9-12(21(26)27)10-19(25(29)30)20(18)24-22(28)31-11-17-15-7-3-1-5-13(15)14-6-2-4-8-16(14)17/h1-10,17H,11H2,(H,24,28)(H,26,27). The number of fused-ring (bicyclic) bond motifs is 3. The van der Waals surface area contributed by atoms with Crippen LogP contribution in [-0.2, 0) is 4.74 Å². The van der Waals surface area contributed by atoms with E-state index in [1.807, 2.05) is 48.5 Å². The van der Waals surface area contributed by atoms with Gasteiger partial charge in [0, 0.05) is 16.5 Å². The van der Waals surface area contributed by atoms with Gasteiger partial charge in [-0.2, -0.15) is 0 Å². The number of nitro benzene ring substituents is 1. The van der Waals surface area contributed by atoms with Gasteiger partial charge in [-0.3, -0.25) is 15.4 Å². The van der Waals surface area contributed by atoms with Crippen LogP contribution < -0.4 is 5.32 Å². The van der Waals surface area contributed by atoms with Crippen LogP contribution in [0.4, 0.5) is 16.2 Å². The Balaban J connectivity index is 1.55. The van der Waals surface area contributed by atoms with Crippen molar-refractivity contribution >= 4 is 39.4 Å². The number of ether oxygens (including phenoxy) is 1. The van der Waals surface area contributed by atoms with Crippen molar-refractivity contribution in [2.75, 3.05) is 11.9 Å². The highest BCUT2D eigenvalue weighted by Gasteiger charge is 2.29. The minimum atomic E-state index is -1.32. The third kappa shape index (κ3) is 3.87. The predicted octanol–water partition coefficient (Wildman–Crippen LogP) is 5.42. The molecule has 2 N–H and O–H groups in total. The number of nitro groups is 1. The molecular weight excluding hydrogens is 468 g/mol. The Hall–Kier alpha value is -3.72. The smallest absolute Gasteiger partial charge is 0.411 e. The fraction of sp³-hybridized carbons (Fsp3) is 0.0909. The summed E-state index contributed by atoms with van der Waals surface area (Å²) in [5, 5.41) is 22.8. The van der Waals surface area contributed by atoms with Crippen molar-refractivity contribution in [2.24, 2.45) is 0 Å². The van der Waals surface area contributed by atoms with Crippen molar-refractivity contribution in [1.82, 2.24) is 0 Å². The first-order chi connectivity index (χ1) is 14.9. The van der Waals surface area contributed by atoms with Crippen LogP contribution in [0.1, 0.15) is 27.4 Å². The van der Waals surface area contributed by atoms with Crippen molar-refractivity contribution < 1.29 is 24.4 Å². The van der Waals surface area contributed by atoms with Crippen LogP contribution in [0.3, 0.4) is 0 Å². The van der Waals surface area contributed by atoms with Gasteiger partial charge >= 0.3 is 12.1 Å². The molecule has 0 bridgehead atoms. The number of aromatic carboxylic acids is 1. The maximum atomic E-state index is 12.4. The van der Waals surface area contributed by atoms with E-state index in [0.29, 0.717) is 0 Å². The predicted molar refractivity (Wildman–Crippen MR) is 116 cm³/mol. The fourth-order valence-corrected chi connectivity index (χ4v) is 4.27. The van der Waals surface area contributed by atoms with Crippen molar-refractivity contribution in [1.29, 1.82) is 0 Å². The molecule has 0 aliphatic heterocycles. The van der Waals surface area contributed by atoms with Gasteiger partial charge in [-0.25, -0.2) is 9.59 Å². The Bertz CT molecular complexity index is 1180. The molecule has 9 heteroatoms. The SMILES string of the molecule is O=C(Nc1c(Br)cc(C(=O)O)cc1[N+](=O)[O-])OCC1c2ccccc2-c2ccccc21. The summed E-state index contributed by atoms with van der Waals surface area (Å²) in [7, 11) is 0. The molecule has 0 radical (unpaired) electrons. The lowest BCUT2D eigenvalue weighted by Gasteiger charge is -2.15. The number of carboxylic acids is 1. The molecule has 3 aromatic rings. The molecule has 0 heterocycles. The van der Waals surface area contributed by atoms with Crippen molar-refractivity contribution in [3.63, 3.8) is 0 Å². The zero-order valence-corrected chi connectivity index (χ0v) is 17.5. The van der Waals surface area contributed by atoms with E-state index in [1.165, 1.54) is 6.07 Å². The molecule has 0 aromatic heterocycles. The van der Waals surface area contributed by atoms with E-state index < -0.39 is 22.7 Å². The lowest BCUT2D eigenvalue weighted by Crippen LogP contribution is -2.19. The number of carbonyl (C=O) groups excluding carboxylic acids is 1. The summed E-state index contributed by atoms with van der Waals surface area (Å²) in [6.07, 6.45) is -0.881. The highest BCUT2D eigenvalue weighted by Crippen LogP contribution is 2.44. The zero-order valence-electron chi connectivity index (χ0n) is 15.9. The summed E-state index contributed by atoms with van der Waals surface area (Å²) in [6, 6.07) is 17.8. The van der Waals surface area contributed by atoms with Crippen molar-refractivity contribution in [2.45, 2.75) is 5.92 Å². The second-order valence-corrected chi connectivity index (χ2v) is 7.72. The number of rotatable bonds is 5. The number of hydrogen-bond acceptors (Lipinski definition) is 5. The molecular formula is C22H15BrN2O6. The number of carbonyl (C=O) groups is 2. The van der Waals surface area contributed by atoms with Crippen LogP contribution in [0, 0.1) is 10.1 Å². The molecule has 0 fully saturated rings. The van der Waals surface area contributed by atoms with Crippen LogP contribution in [0.2, 0.25) is 0 Å². The molecule has 0 atom stereocenters. The molecule has 1 aliphatic rings. The Morgan fingerprint density at radius 1 is 1.06 bits per heavy atom. The second kappa shape index (κ2) is 8.19. The minimum Gasteiger partial charge on any atom is -0.478 e. The number of carboxylic acid groups (broad SMARTS) is 1. The van der Waals surface area contributed by atoms with E-state index in [1.54, 1.807) is 0 Å². The van der Waals surface area contributed by atoms with E-state index in [4.69, 9.17) is 9.84 Å². The van der Waals surface area contributed by atoms with E-state index in [9.17, 15) is 19.7 Å². The average Bonchev–Trinajstić information content (AvgIpc) is 3.07. The van der Waals surface area contributed by atoms with E-state index in [2.05, 4.69) is 21.2 Å². The molecule has 1 aliphatic carbocycles. The lowest BCUT2D eigenvalue weighted by molar-refractivity contribution is -0.384. The van der Waals surface area contributed by atoms with Crippen molar-refractivity contribution in [3.8, 4) is 11.1 Å². The van der Waals surface area contributed by atoms with Gasteiger partial charge in [0.15, 0.2) is 0 Å². The lowest BCUT2D eigenvalue weighted by atomic mass is 9.98. The van der Waals surface area contributed by atoms with Gasteiger partial charge in [0.1, 0.15) is 12.3 Å². The maximum Gasteiger partial charge on any atom is 0.411 e. The maximum absolute atomic E-state index is 12.4. The molecule has 3 aromatic carbocycles. The highest BCUT2D eigenvalue weighted by molar-refractivity contribution is 9.10. The quantitative estimate of drug-likeness (QED) is 0.370. The van der Waals surface area contributed by atoms with Gasteiger partial charge in [0.25, 0.3) is 5.69 Å². The monoisotopic (exact) mass is 482 g/mol. The number of nitrogens with zero attached hydrogens (tertiary/aromatic N) is 1. The largest absolute Gasteiger partial charge is 0.478 e. The summed E-state index contributed by atoms with van der Waals surface area (Å²) in [5.74, 6) is -1.48. The third-order valence-corrected chi connectivity index (χ3v) is 5.71. The molecule has 0 saturated heterocycles. The first-order valence-corrected chi connectivity index (χ1v) is 9.99. The minimum absolute atomic E-state index is 0.0402. The topological polar surface area (TPSA) is 119 Å². The van der Waals surface area contributed by atoms with Gasteiger partial charge in [-0.1, -0.05) is 48.5 Å². The summed E-state index contributed by atoms with van der Waals surface area (Å²) in [4.78, 5) is 34.2. The van der Waals surface area contributed by atoms with E-state index >= 15 is 0 Å². The molecule has 31 heavy (non-hydrogen) atoms. The Labute approximate surface area is 184 Å². The summed E-state index contributed by atoms with van der Waals surface area (Å²) >= 11 is 3.09. The average molecular weight is 483 g/mol. The normalized spacial score (nSPS) is 12.0. The molecule has 4 rings (SSSR count). The highest BCUT2D eigenvalue weighted by atomic mass is 79.9. The first kappa shape index (κ1) is 20.5. The Kier molecular flexibility index (Phi) is 5.43. The summed E-state index contributed by atoms with van der Waals surface area (Å²) in [6.45, 7) is 0.0402. The number of amides is 1. The summed E-state index contributed by atoms with van der Waals surface area (Å²) in [5.41, 5.74) is 3.22. The first-order valence-electron chi connectivity index (χ1n) is 9.20. The van der Waals surface area contributed by atoms with Gasteiger partial charge in [-0.15, -0.1) is 0 Å². The van der Waals surface area contributed by atoms with Gasteiger partial charge in [0.05, 0.1) is 10.5 Å². The number of nitrogens with one attached hydrogen (secondary N) is 1. The zero-order chi connectivity index (χ0) is 22.1. The van der Waals surface area contributed by atoms with Crippen LogP contribution >= 0.6 is 15.9 Å². The third-order valence-electron chi connectivity index (χ3n) is 5.08.